The first-order chi connectivity index (χ1) is 9.08. The molecule has 0 bridgehead atoms. The van der Waals surface area contributed by atoms with E-state index >= 15 is 0 Å². The molecule has 19 heavy (non-hydrogen) atoms. The average Bonchev–Trinajstić information content (AvgIpc) is 2.47. The second kappa shape index (κ2) is 5.54. The summed E-state index contributed by atoms with van der Waals surface area (Å²) < 4.78 is 4.99. The number of aliphatic hydroxyl groups excluding tert-OH is 1. The molecule has 104 valence electrons. The number of piperidine rings is 1. The molecule has 2 heterocycles. The van der Waals surface area contributed by atoms with E-state index in [1.165, 1.54) is 13.3 Å². The first kappa shape index (κ1) is 13.8. The van der Waals surface area contributed by atoms with Crippen LogP contribution >= 0.6 is 0 Å². The van der Waals surface area contributed by atoms with Gasteiger partial charge in [0, 0.05) is 30.9 Å². The summed E-state index contributed by atoms with van der Waals surface area (Å²) in [6.45, 7) is 0.596. The van der Waals surface area contributed by atoms with Crippen LogP contribution in [0.3, 0.4) is 0 Å². The summed E-state index contributed by atoms with van der Waals surface area (Å²) in [7, 11) is 1.50. The zero-order valence-corrected chi connectivity index (χ0v) is 10.9. The Morgan fingerprint density at radius 2 is 2.21 bits per heavy atom. The van der Waals surface area contributed by atoms with Gasteiger partial charge in [0.15, 0.2) is 0 Å². The first-order valence-electron chi connectivity index (χ1n) is 6.20. The maximum absolute atomic E-state index is 12.3. The third kappa shape index (κ3) is 3.02. The Hall–Kier alpha value is -1.66. The lowest BCUT2D eigenvalue weighted by molar-refractivity contribution is -0.0546. The van der Waals surface area contributed by atoms with Gasteiger partial charge in [0.2, 0.25) is 5.88 Å². The highest BCUT2D eigenvalue weighted by Crippen LogP contribution is 2.23. The number of hydrogen-bond donors (Lipinski definition) is 2. The summed E-state index contributed by atoms with van der Waals surface area (Å²) >= 11 is 0. The maximum Gasteiger partial charge on any atom is 0.254 e. The van der Waals surface area contributed by atoms with Crippen LogP contribution in [0, 0.1) is 0 Å². The summed E-state index contributed by atoms with van der Waals surface area (Å²) in [5.74, 6) is 0.287. The Morgan fingerprint density at radius 1 is 1.53 bits per heavy atom. The van der Waals surface area contributed by atoms with Crippen LogP contribution in [0.5, 0.6) is 5.88 Å². The summed E-state index contributed by atoms with van der Waals surface area (Å²) in [5, 5.41) is 19.0. The number of ether oxygens (including phenoxy) is 1. The molecule has 1 aliphatic heterocycles. The van der Waals surface area contributed by atoms with Crippen LogP contribution in [0.25, 0.3) is 0 Å². The van der Waals surface area contributed by atoms with Gasteiger partial charge in [-0.3, -0.25) is 4.79 Å². The second-order valence-corrected chi connectivity index (χ2v) is 4.76. The Labute approximate surface area is 111 Å². The molecule has 0 aromatic carbocycles. The Kier molecular flexibility index (Phi) is 4.01. The van der Waals surface area contributed by atoms with E-state index in [-0.39, 0.29) is 12.5 Å². The minimum absolute atomic E-state index is 0.110. The van der Waals surface area contributed by atoms with Gasteiger partial charge in [-0.15, -0.1) is 0 Å². The Morgan fingerprint density at radius 3 is 2.79 bits per heavy atom. The third-order valence-electron chi connectivity index (χ3n) is 3.47. The van der Waals surface area contributed by atoms with Crippen molar-refractivity contribution in [3.63, 3.8) is 0 Å². The fourth-order valence-electron chi connectivity index (χ4n) is 2.12. The van der Waals surface area contributed by atoms with Crippen molar-refractivity contribution in [3.8, 4) is 5.88 Å². The lowest BCUT2D eigenvalue weighted by atomic mass is 9.92. The topological polar surface area (TPSA) is 82.9 Å². The van der Waals surface area contributed by atoms with Crippen molar-refractivity contribution < 1.29 is 19.7 Å². The van der Waals surface area contributed by atoms with Crippen molar-refractivity contribution >= 4 is 5.91 Å². The molecule has 1 aromatic rings. The highest BCUT2D eigenvalue weighted by Gasteiger charge is 2.33. The van der Waals surface area contributed by atoms with Gasteiger partial charge < -0.3 is 19.8 Å². The molecule has 0 unspecified atom stereocenters. The van der Waals surface area contributed by atoms with Gasteiger partial charge >= 0.3 is 0 Å². The summed E-state index contributed by atoms with van der Waals surface area (Å²) in [6.07, 6.45) is 2.30. The lowest BCUT2D eigenvalue weighted by Gasteiger charge is -2.37. The fourth-order valence-corrected chi connectivity index (χ4v) is 2.12. The molecular formula is C13H18N2O4. The van der Waals surface area contributed by atoms with Gasteiger partial charge in [-0.05, 0) is 18.9 Å². The molecular weight excluding hydrogens is 248 g/mol. The minimum atomic E-state index is -1.05. The van der Waals surface area contributed by atoms with E-state index in [2.05, 4.69) is 4.98 Å². The SMILES string of the molecule is COc1cc(C(=O)N2CCC(O)(CO)CC2)ccn1. The third-order valence-corrected chi connectivity index (χ3v) is 3.47. The number of nitrogens with zero attached hydrogens (tertiary/aromatic N) is 2. The van der Waals surface area contributed by atoms with Crippen LogP contribution in [0.2, 0.25) is 0 Å². The number of rotatable bonds is 3. The van der Waals surface area contributed by atoms with Crippen LogP contribution in [0.4, 0.5) is 0 Å². The number of carbonyl (C=O) groups excluding carboxylic acids is 1. The zero-order valence-electron chi connectivity index (χ0n) is 10.9. The molecule has 1 saturated heterocycles. The highest BCUT2D eigenvalue weighted by molar-refractivity contribution is 5.94. The van der Waals surface area contributed by atoms with Gasteiger partial charge in [-0.1, -0.05) is 0 Å². The molecule has 1 aromatic heterocycles. The van der Waals surface area contributed by atoms with Crippen molar-refractivity contribution in [2.45, 2.75) is 18.4 Å². The minimum Gasteiger partial charge on any atom is -0.481 e. The molecule has 1 amide bonds. The molecule has 1 fully saturated rings. The standard InChI is InChI=1S/C13H18N2O4/c1-19-11-8-10(2-5-14-11)12(17)15-6-3-13(18,9-16)4-7-15/h2,5,8,16,18H,3-4,6-7,9H2,1H3. The van der Waals surface area contributed by atoms with E-state index in [1.807, 2.05) is 0 Å². The van der Waals surface area contributed by atoms with Crippen molar-refractivity contribution in [2.75, 3.05) is 26.8 Å². The first-order valence-corrected chi connectivity index (χ1v) is 6.20. The normalized spacial score (nSPS) is 18.2. The summed E-state index contributed by atoms with van der Waals surface area (Å²) in [4.78, 5) is 17.9. The molecule has 6 nitrogen and oxygen atoms in total. The van der Waals surface area contributed by atoms with Crippen molar-refractivity contribution in [1.29, 1.82) is 0 Å². The van der Waals surface area contributed by atoms with E-state index in [0.29, 0.717) is 37.4 Å². The van der Waals surface area contributed by atoms with E-state index in [4.69, 9.17) is 9.84 Å². The molecule has 2 N–H and O–H groups in total. The molecule has 0 spiro atoms. The van der Waals surface area contributed by atoms with Crippen LogP contribution < -0.4 is 4.74 Å². The quantitative estimate of drug-likeness (QED) is 0.807. The van der Waals surface area contributed by atoms with E-state index < -0.39 is 5.60 Å². The van der Waals surface area contributed by atoms with Gasteiger partial charge in [-0.25, -0.2) is 4.98 Å². The van der Waals surface area contributed by atoms with E-state index in [9.17, 15) is 9.90 Å². The number of methoxy groups -OCH3 is 1. The number of aliphatic hydroxyl groups is 2. The van der Waals surface area contributed by atoms with Crippen molar-refractivity contribution in [1.82, 2.24) is 9.88 Å². The second-order valence-electron chi connectivity index (χ2n) is 4.76. The molecule has 2 rings (SSSR count). The van der Waals surface area contributed by atoms with Gasteiger partial charge in [0.05, 0.1) is 19.3 Å². The molecule has 0 saturated carbocycles. The molecule has 0 atom stereocenters. The number of likely N-dealkylation sites (tertiary alicyclic amines) is 1. The fraction of sp³-hybridized carbons (Fsp3) is 0.538. The van der Waals surface area contributed by atoms with Gasteiger partial charge in [0.1, 0.15) is 0 Å². The predicted octanol–water partition coefficient (Wildman–Crippen LogP) is 0.0496. The molecule has 0 aliphatic carbocycles. The van der Waals surface area contributed by atoms with Crippen molar-refractivity contribution in [2.24, 2.45) is 0 Å². The van der Waals surface area contributed by atoms with Crippen LogP contribution in [0.15, 0.2) is 18.3 Å². The Balaban J connectivity index is 2.05. The smallest absolute Gasteiger partial charge is 0.254 e. The zero-order chi connectivity index (χ0) is 13.9. The van der Waals surface area contributed by atoms with E-state index in [0.717, 1.165) is 0 Å². The monoisotopic (exact) mass is 266 g/mol. The maximum atomic E-state index is 12.3. The number of carbonyl (C=O) groups is 1. The van der Waals surface area contributed by atoms with Gasteiger partial charge in [0.25, 0.3) is 5.91 Å². The number of hydrogen-bond acceptors (Lipinski definition) is 5. The largest absolute Gasteiger partial charge is 0.481 e. The number of aromatic nitrogens is 1. The average molecular weight is 266 g/mol. The van der Waals surface area contributed by atoms with Gasteiger partial charge in [-0.2, -0.15) is 0 Å². The summed E-state index contributed by atoms with van der Waals surface area (Å²) in [6, 6.07) is 3.23. The lowest BCUT2D eigenvalue weighted by Crippen LogP contribution is -2.48. The molecule has 6 heteroatoms. The highest BCUT2D eigenvalue weighted by atomic mass is 16.5. The predicted molar refractivity (Wildman–Crippen MR) is 68.0 cm³/mol. The number of pyridine rings is 1. The van der Waals surface area contributed by atoms with Crippen LogP contribution in [0.1, 0.15) is 23.2 Å². The summed E-state index contributed by atoms with van der Waals surface area (Å²) in [5.41, 5.74) is -0.534. The molecule has 0 radical (unpaired) electrons. The van der Waals surface area contributed by atoms with Crippen LogP contribution in [-0.2, 0) is 0 Å². The Bertz CT molecular complexity index is 456. The number of amides is 1. The van der Waals surface area contributed by atoms with Crippen LogP contribution in [-0.4, -0.2) is 58.4 Å². The van der Waals surface area contributed by atoms with E-state index in [1.54, 1.807) is 17.0 Å². The van der Waals surface area contributed by atoms with Crippen molar-refractivity contribution in [3.05, 3.63) is 23.9 Å². The molecule has 1 aliphatic rings.